The van der Waals surface area contributed by atoms with Crippen molar-refractivity contribution >= 4 is 11.8 Å². The molecule has 3 atom stereocenters. The minimum atomic E-state index is 0.462. The second-order valence-electron chi connectivity index (χ2n) is 7.48. The normalized spacial score (nSPS) is 26.8. The van der Waals surface area contributed by atoms with Gasteiger partial charge in [-0.1, -0.05) is 39.0 Å². The van der Waals surface area contributed by atoms with Crippen LogP contribution in [0.2, 0.25) is 0 Å². The van der Waals surface area contributed by atoms with Gasteiger partial charge in [0.15, 0.2) is 0 Å². The van der Waals surface area contributed by atoms with Crippen LogP contribution in [0, 0.1) is 17.3 Å². The lowest BCUT2D eigenvalue weighted by Gasteiger charge is -2.42. The van der Waals surface area contributed by atoms with Crippen molar-refractivity contribution in [2.45, 2.75) is 57.4 Å². The van der Waals surface area contributed by atoms with Crippen LogP contribution >= 0.6 is 11.8 Å². The third-order valence-corrected chi connectivity index (χ3v) is 6.12. The highest BCUT2D eigenvalue weighted by Crippen LogP contribution is 2.41. The van der Waals surface area contributed by atoms with Gasteiger partial charge in [0.2, 0.25) is 0 Å². The van der Waals surface area contributed by atoms with Crippen LogP contribution in [0.3, 0.4) is 0 Å². The molecule has 2 rings (SSSR count). The van der Waals surface area contributed by atoms with Crippen LogP contribution in [0.25, 0.3) is 0 Å². The molecule has 0 saturated heterocycles. The van der Waals surface area contributed by atoms with E-state index in [0.29, 0.717) is 5.41 Å². The summed E-state index contributed by atoms with van der Waals surface area (Å²) in [6, 6.07) is 11.5. The molecule has 0 heterocycles. The van der Waals surface area contributed by atoms with Crippen molar-refractivity contribution in [3.8, 4) is 0 Å². The average Bonchev–Trinajstić information content (AvgIpc) is 2.47. The molecule has 0 aromatic heterocycles. The Morgan fingerprint density at radius 1 is 1.14 bits per heavy atom. The van der Waals surface area contributed by atoms with Crippen molar-refractivity contribution in [2.75, 3.05) is 12.8 Å². The van der Waals surface area contributed by atoms with Gasteiger partial charge in [-0.15, -0.1) is 11.8 Å². The third kappa shape index (κ3) is 5.03. The Hall–Kier alpha value is -0.470. The lowest BCUT2D eigenvalue weighted by Crippen LogP contribution is -2.41. The summed E-state index contributed by atoms with van der Waals surface area (Å²) in [7, 11) is 2.14. The molecular formula is C19H31NS. The Morgan fingerprint density at radius 2 is 1.86 bits per heavy atom. The summed E-state index contributed by atoms with van der Waals surface area (Å²) in [6.45, 7) is 7.23. The Morgan fingerprint density at radius 3 is 2.48 bits per heavy atom. The largest absolute Gasteiger partial charge is 0.317 e. The lowest BCUT2D eigenvalue weighted by molar-refractivity contribution is 0.115. The highest BCUT2D eigenvalue weighted by molar-refractivity contribution is 7.99. The molecule has 0 bridgehead atoms. The zero-order valence-corrected chi connectivity index (χ0v) is 14.9. The van der Waals surface area contributed by atoms with Crippen molar-refractivity contribution in [1.29, 1.82) is 0 Å². The Balaban J connectivity index is 1.86. The Labute approximate surface area is 135 Å². The van der Waals surface area contributed by atoms with Crippen LogP contribution in [0.5, 0.6) is 0 Å². The van der Waals surface area contributed by atoms with E-state index in [1.165, 1.54) is 36.3 Å². The first-order valence-electron chi connectivity index (χ1n) is 8.36. The van der Waals surface area contributed by atoms with E-state index in [2.05, 4.69) is 63.5 Å². The Bertz CT molecular complexity index is 409. The summed E-state index contributed by atoms with van der Waals surface area (Å²) in [5.41, 5.74) is 0.462. The molecule has 1 aromatic carbocycles. The van der Waals surface area contributed by atoms with E-state index in [4.69, 9.17) is 0 Å². The predicted molar refractivity (Wildman–Crippen MR) is 94.9 cm³/mol. The number of benzene rings is 1. The summed E-state index contributed by atoms with van der Waals surface area (Å²) < 4.78 is 0. The van der Waals surface area contributed by atoms with E-state index in [-0.39, 0.29) is 0 Å². The van der Waals surface area contributed by atoms with E-state index < -0.39 is 0 Å². The molecule has 0 aliphatic heterocycles. The topological polar surface area (TPSA) is 12.0 Å². The molecule has 1 fully saturated rings. The van der Waals surface area contributed by atoms with Gasteiger partial charge in [0, 0.05) is 10.9 Å². The molecule has 1 aliphatic carbocycles. The van der Waals surface area contributed by atoms with Crippen LogP contribution in [0.1, 0.15) is 46.5 Å². The van der Waals surface area contributed by atoms with Gasteiger partial charge in [-0.3, -0.25) is 0 Å². The van der Waals surface area contributed by atoms with E-state index in [0.717, 1.165) is 17.9 Å². The van der Waals surface area contributed by atoms with Crippen LogP contribution in [0.15, 0.2) is 35.2 Å². The maximum Gasteiger partial charge on any atom is 0.00928 e. The molecular weight excluding hydrogens is 274 g/mol. The second kappa shape index (κ2) is 7.69. The monoisotopic (exact) mass is 305 g/mol. The molecule has 1 aliphatic rings. The fraction of sp³-hybridized carbons (Fsp3) is 0.684. The van der Waals surface area contributed by atoms with Crippen molar-refractivity contribution in [2.24, 2.45) is 17.3 Å². The predicted octanol–water partition coefficient (Wildman–Crippen LogP) is 5.22. The molecule has 21 heavy (non-hydrogen) atoms. The van der Waals surface area contributed by atoms with Crippen molar-refractivity contribution in [3.63, 3.8) is 0 Å². The quantitative estimate of drug-likeness (QED) is 0.749. The summed E-state index contributed by atoms with van der Waals surface area (Å²) in [6.07, 6.45) is 5.46. The van der Waals surface area contributed by atoms with Crippen LogP contribution < -0.4 is 5.32 Å². The van der Waals surface area contributed by atoms with Gasteiger partial charge >= 0.3 is 0 Å². The first-order chi connectivity index (χ1) is 10.0. The molecule has 1 N–H and O–H groups in total. The van der Waals surface area contributed by atoms with Gasteiger partial charge in [0.25, 0.3) is 0 Å². The first-order valence-corrected chi connectivity index (χ1v) is 9.34. The molecule has 1 saturated carbocycles. The third-order valence-electron chi connectivity index (χ3n) is 5.08. The zero-order valence-electron chi connectivity index (χ0n) is 14.1. The maximum atomic E-state index is 3.57. The van der Waals surface area contributed by atoms with Crippen LogP contribution in [-0.4, -0.2) is 18.8 Å². The number of hydrogen-bond donors (Lipinski definition) is 1. The molecule has 1 nitrogen and oxygen atoms in total. The first kappa shape index (κ1) is 16.9. The van der Waals surface area contributed by atoms with Crippen LogP contribution in [0.4, 0.5) is 0 Å². The second-order valence-corrected chi connectivity index (χ2v) is 8.65. The SMILES string of the molecule is CNC1CCC(C(C)(C)C)CC1CCSc1ccccc1. The van der Waals surface area contributed by atoms with Gasteiger partial charge in [0.05, 0.1) is 0 Å². The molecule has 0 amide bonds. The number of nitrogens with one attached hydrogen (secondary N) is 1. The van der Waals surface area contributed by atoms with Gasteiger partial charge in [-0.25, -0.2) is 0 Å². The maximum absolute atomic E-state index is 3.57. The molecule has 0 radical (unpaired) electrons. The van der Waals surface area contributed by atoms with E-state index in [9.17, 15) is 0 Å². The van der Waals surface area contributed by atoms with Gasteiger partial charge in [-0.2, -0.15) is 0 Å². The standard InChI is InChI=1S/C19H31NS/c1-19(2,3)16-10-11-18(20-4)15(14-16)12-13-21-17-8-6-5-7-9-17/h5-9,15-16,18,20H,10-14H2,1-4H3. The molecule has 0 spiro atoms. The van der Waals surface area contributed by atoms with E-state index in [1.54, 1.807) is 0 Å². The van der Waals surface area contributed by atoms with Crippen molar-refractivity contribution in [3.05, 3.63) is 30.3 Å². The van der Waals surface area contributed by atoms with Gasteiger partial charge in [0.1, 0.15) is 0 Å². The van der Waals surface area contributed by atoms with Crippen molar-refractivity contribution < 1.29 is 0 Å². The van der Waals surface area contributed by atoms with E-state index >= 15 is 0 Å². The molecule has 1 aromatic rings. The summed E-state index contributed by atoms with van der Waals surface area (Å²) in [4.78, 5) is 1.40. The summed E-state index contributed by atoms with van der Waals surface area (Å²) in [5.74, 6) is 2.96. The number of thioether (sulfide) groups is 1. The minimum absolute atomic E-state index is 0.462. The van der Waals surface area contributed by atoms with Gasteiger partial charge < -0.3 is 5.32 Å². The summed E-state index contributed by atoms with van der Waals surface area (Å²) in [5, 5.41) is 3.57. The molecule has 118 valence electrons. The number of rotatable bonds is 5. The fourth-order valence-corrected chi connectivity index (χ4v) is 4.60. The minimum Gasteiger partial charge on any atom is -0.317 e. The molecule has 3 unspecified atom stereocenters. The van der Waals surface area contributed by atoms with Crippen LogP contribution in [-0.2, 0) is 0 Å². The number of hydrogen-bond acceptors (Lipinski definition) is 2. The summed E-state index contributed by atoms with van der Waals surface area (Å²) >= 11 is 2.01. The fourth-order valence-electron chi connectivity index (χ4n) is 3.59. The zero-order chi connectivity index (χ0) is 15.3. The average molecular weight is 306 g/mol. The van der Waals surface area contributed by atoms with Gasteiger partial charge in [-0.05, 0) is 67.9 Å². The highest BCUT2D eigenvalue weighted by atomic mass is 32.2. The lowest BCUT2D eigenvalue weighted by atomic mass is 9.67. The van der Waals surface area contributed by atoms with Crippen molar-refractivity contribution in [1.82, 2.24) is 5.32 Å². The molecule has 2 heteroatoms. The Kier molecular flexibility index (Phi) is 6.19. The smallest absolute Gasteiger partial charge is 0.00928 e. The highest BCUT2D eigenvalue weighted by Gasteiger charge is 2.34. The van der Waals surface area contributed by atoms with E-state index in [1.807, 2.05) is 11.8 Å².